The Morgan fingerprint density at radius 2 is 2.00 bits per heavy atom. The zero-order valence-corrected chi connectivity index (χ0v) is 8.86. The van der Waals surface area contributed by atoms with Gasteiger partial charge in [-0.25, -0.2) is 0 Å². The van der Waals surface area contributed by atoms with Crippen molar-refractivity contribution in [3.8, 4) is 5.75 Å². The Morgan fingerprint density at radius 1 is 1.31 bits per heavy atom. The number of carbonyl (C=O) groups excluding carboxylic acids is 1. The molecule has 16 heavy (non-hydrogen) atoms. The Balaban J connectivity index is 2.56. The monoisotopic (exact) mass is 223 g/mol. The van der Waals surface area contributed by atoms with Crippen LogP contribution in [0, 0.1) is 6.92 Å². The van der Waals surface area contributed by atoms with Gasteiger partial charge in [-0.3, -0.25) is 9.59 Å². The molecule has 1 aromatic rings. The lowest BCUT2D eigenvalue weighted by molar-refractivity contribution is -0.138. The zero-order chi connectivity index (χ0) is 12.1. The molecule has 86 valence electrons. The second-order valence-corrected chi connectivity index (χ2v) is 3.44. The van der Waals surface area contributed by atoms with Gasteiger partial charge < -0.3 is 15.5 Å². The number of hydrogen-bond donors (Lipinski definition) is 3. The summed E-state index contributed by atoms with van der Waals surface area (Å²) in [5.41, 5.74) is 1.20. The van der Waals surface area contributed by atoms with Gasteiger partial charge in [-0.1, -0.05) is 0 Å². The number of anilines is 1. The molecular weight excluding hydrogens is 210 g/mol. The number of carboxylic acid groups (broad SMARTS) is 1. The summed E-state index contributed by atoms with van der Waals surface area (Å²) in [6.45, 7) is 1.71. The number of rotatable bonds is 4. The van der Waals surface area contributed by atoms with E-state index < -0.39 is 5.97 Å². The summed E-state index contributed by atoms with van der Waals surface area (Å²) in [5.74, 6) is -1.20. The molecule has 5 heteroatoms. The fraction of sp³-hybridized carbons (Fsp3) is 0.273. The number of aryl methyl sites for hydroxylation is 1. The third-order valence-electron chi connectivity index (χ3n) is 2.05. The molecule has 0 unspecified atom stereocenters. The molecule has 0 bridgehead atoms. The topological polar surface area (TPSA) is 86.6 Å². The van der Waals surface area contributed by atoms with Crippen LogP contribution in [0.15, 0.2) is 18.2 Å². The Labute approximate surface area is 92.7 Å². The molecule has 0 radical (unpaired) electrons. The van der Waals surface area contributed by atoms with E-state index in [0.29, 0.717) is 11.3 Å². The number of aromatic hydroxyl groups is 1. The van der Waals surface area contributed by atoms with Crippen molar-refractivity contribution >= 4 is 17.6 Å². The van der Waals surface area contributed by atoms with Crippen LogP contribution in [0.5, 0.6) is 5.75 Å². The predicted molar refractivity (Wildman–Crippen MR) is 58.3 cm³/mol. The fourth-order valence-corrected chi connectivity index (χ4v) is 1.18. The van der Waals surface area contributed by atoms with E-state index in [0.717, 1.165) is 0 Å². The molecule has 0 spiro atoms. The first-order chi connectivity index (χ1) is 7.49. The number of hydrogen-bond acceptors (Lipinski definition) is 3. The first-order valence-electron chi connectivity index (χ1n) is 4.80. The maximum atomic E-state index is 11.3. The molecule has 3 N–H and O–H groups in total. The number of aliphatic carboxylic acids is 1. The van der Waals surface area contributed by atoms with Crippen LogP contribution >= 0.6 is 0 Å². The van der Waals surface area contributed by atoms with Crippen LogP contribution in [0.25, 0.3) is 0 Å². The van der Waals surface area contributed by atoms with Gasteiger partial charge in [0.2, 0.25) is 5.91 Å². The minimum atomic E-state index is -1.00. The van der Waals surface area contributed by atoms with E-state index in [2.05, 4.69) is 5.32 Å². The van der Waals surface area contributed by atoms with Gasteiger partial charge in [-0.05, 0) is 30.7 Å². The first-order valence-corrected chi connectivity index (χ1v) is 4.80. The van der Waals surface area contributed by atoms with Crippen LogP contribution in [-0.2, 0) is 9.59 Å². The van der Waals surface area contributed by atoms with Gasteiger partial charge >= 0.3 is 5.97 Å². The number of phenolic OH excluding ortho intramolecular Hbond substituents is 1. The highest BCUT2D eigenvalue weighted by Crippen LogP contribution is 2.20. The molecule has 0 atom stereocenters. The van der Waals surface area contributed by atoms with Crippen molar-refractivity contribution in [2.75, 3.05) is 5.32 Å². The summed E-state index contributed by atoms with van der Waals surface area (Å²) in [4.78, 5) is 21.5. The largest absolute Gasteiger partial charge is 0.508 e. The molecular formula is C11H13NO4. The average molecular weight is 223 g/mol. The maximum absolute atomic E-state index is 11.3. The second kappa shape index (κ2) is 5.16. The Morgan fingerprint density at radius 3 is 2.56 bits per heavy atom. The van der Waals surface area contributed by atoms with Crippen molar-refractivity contribution in [3.63, 3.8) is 0 Å². The lowest BCUT2D eigenvalue weighted by Crippen LogP contribution is -2.13. The van der Waals surface area contributed by atoms with E-state index in [4.69, 9.17) is 5.11 Å². The van der Waals surface area contributed by atoms with E-state index >= 15 is 0 Å². The quantitative estimate of drug-likeness (QED) is 0.675. The van der Waals surface area contributed by atoms with Crippen LogP contribution in [-0.4, -0.2) is 22.1 Å². The smallest absolute Gasteiger partial charge is 0.303 e. The Bertz CT molecular complexity index is 414. The lowest BCUT2D eigenvalue weighted by atomic mass is 10.2. The molecule has 1 aromatic carbocycles. The highest BCUT2D eigenvalue weighted by atomic mass is 16.4. The van der Waals surface area contributed by atoms with E-state index in [1.807, 2.05) is 0 Å². The normalized spacial score (nSPS) is 9.81. The summed E-state index contributed by atoms with van der Waals surface area (Å²) in [5, 5.41) is 20.2. The average Bonchev–Trinajstić information content (AvgIpc) is 2.21. The number of carbonyl (C=O) groups is 2. The number of nitrogens with one attached hydrogen (secondary N) is 1. The van der Waals surface area contributed by atoms with Crippen molar-refractivity contribution in [1.29, 1.82) is 0 Å². The van der Waals surface area contributed by atoms with Crippen molar-refractivity contribution in [2.24, 2.45) is 0 Å². The number of amides is 1. The van der Waals surface area contributed by atoms with Crippen molar-refractivity contribution < 1.29 is 19.8 Å². The third-order valence-corrected chi connectivity index (χ3v) is 2.05. The molecule has 1 amide bonds. The van der Waals surface area contributed by atoms with E-state index in [9.17, 15) is 14.7 Å². The Kier molecular flexibility index (Phi) is 3.88. The van der Waals surface area contributed by atoms with Crippen LogP contribution in [0.3, 0.4) is 0 Å². The second-order valence-electron chi connectivity index (χ2n) is 3.44. The number of benzene rings is 1. The summed E-state index contributed by atoms with van der Waals surface area (Å²) >= 11 is 0. The van der Waals surface area contributed by atoms with Crippen LogP contribution in [0.1, 0.15) is 18.4 Å². The molecule has 5 nitrogen and oxygen atoms in total. The molecule has 0 saturated carbocycles. The van der Waals surface area contributed by atoms with Crippen molar-refractivity contribution in [2.45, 2.75) is 19.8 Å². The third kappa shape index (κ3) is 3.61. The Hall–Kier alpha value is -2.04. The molecule has 0 fully saturated rings. The summed E-state index contributed by atoms with van der Waals surface area (Å²) in [6.07, 6.45) is -0.252. The summed E-state index contributed by atoms with van der Waals surface area (Å²) in [6, 6.07) is 4.65. The van der Waals surface area contributed by atoms with Crippen LogP contribution < -0.4 is 5.32 Å². The van der Waals surface area contributed by atoms with Gasteiger partial charge in [0.05, 0.1) is 6.42 Å². The summed E-state index contributed by atoms with van der Waals surface area (Å²) < 4.78 is 0. The number of phenols is 1. The zero-order valence-electron chi connectivity index (χ0n) is 8.86. The van der Waals surface area contributed by atoms with Gasteiger partial charge in [0.1, 0.15) is 5.75 Å². The van der Waals surface area contributed by atoms with Gasteiger partial charge in [0.25, 0.3) is 0 Å². The first kappa shape index (κ1) is 12.0. The standard InChI is InChI=1S/C11H13NO4/c1-7-6-8(2-3-9(7)13)12-10(14)4-5-11(15)16/h2-3,6,13H,4-5H2,1H3,(H,12,14)(H,15,16). The molecule has 0 aliphatic carbocycles. The van der Waals surface area contributed by atoms with Gasteiger partial charge in [-0.2, -0.15) is 0 Å². The van der Waals surface area contributed by atoms with E-state index in [1.54, 1.807) is 19.1 Å². The number of carboxylic acids is 1. The molecule has 0 aliphatic rings. The summed E-state index contributed by atoms with van der Waals surface area (Å²) in [7, 11) is 0. The van der Waals surface area contributed by atoms with Gasteiger partial charge in [0.15, 0.2) is 0 Å². The SMILES string of the molecule is Cc1cc(NC(=O)CCC(=O)O)ccc1O. The molecule has 0 saturated heterocycles. The maximum Gasteiger partial charge on any atom is 0.303 e. The molecule has 1 rings (SSSR count). The minimum Gasteiger partial charge on any atom is -0.508 e. The molecule has 0 aliphatic heterocycles. The minimum absolute atomic E-state index is 0.0603. The lowest BCUT2D eigenvalue weighted by Gasteiger charge is -2.06. The predicted octanol–water partition coefficient (Wildman–Crippen LogP) is 1.50. The van der Waals surface area contributed by atoms with Gasteiger partial charge in [0, 0.05) is 12.1 Å². The molecule has 0 aromatic heterocycles. The van der Waals surface area contributed by atoms with Crippen molar-refractivity contribution in [1.82, 2.24) is 0 Å². The fourth-order valence-electron chi connectivity index (χ4n) is 1.18. The van der Waals surface area contributed by atoms with Gasteiger partial charge in [-0.15, -0.1) is 0 Å². The van der Waals surface area contributed by atoms with Crippen molar-refractivity contribution in [3.05, 3.63) is 23.8 Å². The van der Waals surface area contributed by atoms with E-state index in [-0.39, 0.29) is 24.5 Å². The van der Waals surface area contributed by atoms with Crippen LogP contribution in [0.2, 0.25) is 0 Å². The van der Waals surface area contributed by atoms with Crippen LogP contribution in [0.4, 0.5) is 5.69 Å². The highest BCUT2D eigenvalue weighted by molar-refractivity contribution is 5.92. The highest BCUT2D eigenvalue weighted by Gasteiger charge is 2.06. The molecule has 0 heterocycles. The van der Waals surface area contributed by atoms with E-state index in [1.165, 1.54) is 6.07 Å².